The molecule has 29 heavy (non-hydrogen) atoms. The van der Waals surface area contributed by atoms with Crippen molar-refractivity contribution in [2.75, 3.05) is 12.3 Å². The standard InChI is InChI=1S/C21H21N5O2S/c1-14-7-8-17(15(2)11-14)26-20(16-5-3-9-22-12-16)23-24-21(26)29-13-19(28)25-10-4-6-18(25)27/h3,5,7-9,11-12H,4,6,10,13H2,1-2H3. The molecule has 0 saturated carbocycles. The maximum atomic E-state index is 12.5. The molecule has 0 bridgehead atoms. The minimum Gasteiger partial charge on any atom is -0.282 e. The molecule has 0 unspecified atom stereocenters. The SMILES string of the molecule is Cc1ccc(-n2c(SCC(=O)N3CCCC3=O)nnc2-c2cccnc2)c(C)c1. The summed E-state index contributed by atoms with van der Waals surface area (Å²) in [5, 5.41) is 9.33. The molecule has 1 fully saturated rings. The Morgan fingerprint density at radius 1 is 1.21 bits per heavy atom. The predicted octanol–water partition coefficient (Wildman–Crippen LogP) is 3.19. The fourth-order valence-electron chi connectivity index (χ4n) is 3.43. The molecule has 3 heterocycles. The van der Waals surface area contributed by atoms with Crippen molar-refractivity contribution in [1.82, 2.24) is 24.6 Å². The fraction of sp³-hybridized carbons (Fsp3) is 0.286. The molecule has 3 aromatic rings. The van der Waals surface area contributed by atoms with Crippen LogP contribution in [-0.2, 0) is 9.59 Å². The van der Waals surface area contributed by atoms with Crippen molar-refractivity contribution in [2.45, 2.75) is 31.8 Å². The first-order chi connectivity index (χ1) is 14.0. The highest BCUT2D eigenvalue weighted by Gasteiger charge is 2.27. The number of pyridine rings is 1. The van der Waals surface area contributed by atoms with Crippen LogP contribution in [0.2, 0.25) is 0 Å². The third-order valence-corrected chi connectivity index (χ3v) is 5.76. The van der Waals surface area contributed by atoms with Crippen molar-refractivity contribution in [3.63, 3.8) is 0 Å². The molecule has 1 aliphatic heterocycles. The van der Waals surface area contributed by atoms with E-state index in [1.165, 1.54) is 22.2 Å². The highest BCUT2D eigenvalue weighted by molar-refractivity contribution is 7.99. The van der Waals surface area contributed by atoms with Crippen LogP contribution in [-0.4, -0.2) is 48.8 Å². The van der Waals surface area contributed by atoms with Crippen molar-refractivity contribution in [1.29, 1.82) is 0 Å². The number of likely N-dealkylation sites (tertiary alicyclic amines) is 1. The lowest BCUT2D eigenvalue weighted by molar-refractivity contribution is -0.140. The molecule has 0 spiro atoms. The molecule has 148 valence electrons. The number of aryl methyl sites for hydroxylation is 2. The van der Waals surface area contributed by atoms with Crippen LogP contribution in [0.3, 0.4) is 0 Å². The Kier molecular flexibility index (Phi) is 5.44. The summed E-state index contributed by atoms with van der Waals surface area (Å²) in [6, 6.07) is 9.96. The second-order valence-electron chi connectivity index (χ2n) is 7.00. The molecule has 2 amide bonds. The third kappa shape index (κ3) is 3.93. The molecule has 0 atom stereocenters. The number of carbonyl (C=O) groups excluding carboxylic acids is 2. The number of amides is 2. The van der Waals surface area contributed by atoms with E-state index in [4.69, 9.17) is 0 Å². The molecule has 0 radical (unpaired) electrons. The number of rotatable bonds is 5. The smallest absolute Gasteiger partial charge is 0.239 e. The van der Waals surface area contributed by atoms with Crippen LogP contribution in [0.15, 0.2) is 47.9 Å². The minimum absolute atomic E-state index is 0.0949. The van der Waals surface area contributed by atoms with Gasteiger partial charge in [0.15, 0.2) is 11.0 Å². The summed E-state index contributed by atoms with van der Waals surface area (Å²) in [6.45, 7) is 4.59. The number of hydrogen-bond donors (Lipinski definition) is 0. The largest absolute Gasteiger partial charge is 0.282 e. The lowest BCUT2D eigenvalue weighted by atomic mass is 10.1. The minimum atomic E-state index is -0.185. The molecule has 2 aromatic heterocycles. The zero-order valence-electron chi connectivity index (χ0n) is 16.3. The second kappa shape index (κ2) is 8.16. The van der Waals surface area contributed by atoms with E-state index in [0.29, 0.717) is 23.9 Å². The first-order valence-corrected chi connectivity index (χ1v) is 10.4. The van der Waals surface area contributed by atoms with Crippen LogP contribution in [0, 0.1) is 13.8 Å². The monoisotopic (exact) mass is 407 g/mol. The first-order valence-electron chi connectivity index (χ1n) is 9.44. The van der Waals surface area contributed by atoms with Crippen LogP contribution in [0.5, 0.6) is 0 Å². The number of nitrogens with zero attached hydrogens (tertiary/aromatic N) is 5. The molecular weight excluding hydrogens is 386 g/mol. The summed E-state index contributed by atoms with van der Waals surface area (Å²) in [6.07, 6.45) is 4.63. The van der Waals surface area contributed by atoms with Crippen LogP contribution >= 0.6 is 11.8 Å². The Bertz CT molecular complexity index is 1060. The van der Waals surface area contributed by atoms with Crippen LogP contribution in [0.4, 0.5) is 0 Å². The Morgan fingerprint density at radius 2 is 2.07 bits per heavy atom. The summed E-state index contributed by atoms with van der Waals surface area (Å²) in [5.74, 6) is 0.525. The average molecular weight is 407 g/mol. The van der Waals surface area contributed by atoms with Crippen molar-refractivity contribution >= 4 is 23.6 Å². The average Bonchev–Trinajstić information content (AvgIpc) is 3.33. The van der Waals surface area contributed by atoms with E-state index in [1.54, 1.807) is 12.4 Å². The van der Waals surface area contributed by atoms with E-state index >= 15 is 0 Å². The molecule has 1 aromatic carbocycles. The van der Waals surface area contributed by atoms with Gasteiger partial charge in [0.2, 0.25) is 11.8 Å². The number of benzene rings is 1. The van der Waals surface area contributed by atoms with Gasteiger partial charge in [0.1, 0.15) is 0 Å². The van der Waals surface area contributed by atoms with Gasteiger partial charge in [-0.2, -0.15) is 0 Å². The van der Waals surface area contributed by atoms with Gasteiger partial charge in [0, 0.05) is 30.9 Å². The van der Waals surface area contributed by atoms with Gasteiger partial charge in [0.05, 0.1) is 11.4 Å². The summed E-state index contributed by atoms with van der Waals surface area (Å²) < 4.78 is 1.95. The fourth-order valence-corrected chi connectivity index (χ4v) is 4.26. The summed E-state index contributed by atoms with van der Waals surface area (Å²) >= 11 is 1.29. The Morgan fingerprint density at radius 3 is 2.76 bits per heavy atom. The number of imide groups is 1. The molecule has 7 nitrogen and oxygen atoms in total. The van der Waals surface area contributed by atoms with E-state index in [-0.39, 0.29) is 17.6 Å². The normalized spacial score (nSPS) is 13.9. The lowest BCUT2D eigenvalue weighted by Gasteiger charge is -2.15. The van der Waals surface area contributed by atoms with E-state index in [1.807, 2.05) is 42.7 Å². The molecule has 8 heteroatoms. The number of thioether (sulfide) groups is 1. The summed E-state index contributed by atoms with van der Waals surface area (Å²) in [4.78, 5) is 29.8. The second-order valence-corrected chi connectivity index (χ2v) is 7.95. The van der Waals surface area contributed by atoms with E-state index < -0.39 is 0 Å². The molecule has 4 rings (SSSR count). The first kappa shape index (κ1) is 19.3. The van der Waals surface area contributed by atoms with Gasteiger partial charge in [-0.25, -0.2) is 0 Å². The highest BCUT2D eigenvalue weighted by Crippen LogP contribution is 2.30. The zero-order chi connectivity index (χ0) is 20.4. The zero-order valence-corrected chi connectivity index (χ0v) is 17.1. The van der Waals surface area contributed by atoms with Crippen molar-refractivity contribution < 1.29 is 9.59 Å². The number of aromatic nitrogens is 4. The number of hydrogen-bond acceptors (Lipinski definition) is 6. The predicted molar refractivity (Wildman–Crippen MR) is 111 cm³/mol. The molecular formula is C21H21N5O2S. The lowest BCUT2D eigenvalue weighted by Crippen LogP contribution is -2.33. The van der Waals surface area contributed by atoms with Crippen LogP contribution < -0.4 is 0 Å². The molecule has 0 aliphatic carbocycles. The van der Waals surface area contributed by atoms with Gasteiger partial charge in [0.25, 0.3) is 0 Å². The topological polar surface area (TPSA) is 81.0 Å². The third-order valence-electron chi connectivity index (χ3n) is 4.85. The molecule has 1 aliphatic rings. The highest BCUT2D eigenvalue weighted by atomic mass is 32.2. The van der Waals surface area contributed by atoms with Gasteiger partial charge < -0.3 is 0 Å². The van der Waals surface area contributed by atoms with Crippen molar-refractivity contribution in [3.05, 3.63) is 53.9 Å². The van der Waals surface area contributed by atoms with Gasteiger partial charge >= 0.3 is 0 Å². The number of carbonyl (C=O) groups is 2. The van der Waals surface area contributed by atoms with Crippen molar-refractivity contribution in [3.8, 4) is 17.1 Å². The molecule has 1 saturated heterocycles. The molecule has 0 N–H and O–H groups in total. The van der Waals surface area contributed by atoms with Crippen LogP contribution in [0.25, 0.3) is 17.1 Å². The van der Waals surface area contributed by atoms with E-state index in [0.717, 1.165) is 23.2 Å². The maximum absolute atomic E-state index is 12.5. The summed E-state index contributed by atoms with van der Waals surface area (Å²) in [5.41, 5.74) is 4.04. The van der Waals surface area contributed by atoms with Gasteiger partial charge in [-0.15, -0.1) is 10.2 Å². The van der Waals surface area contributed by atoms with Crippen LogP contribution in [0.1, 0.15) is 24.0 Å². The Balaban J connectivity index is 1.69. The van der Waals surface area contributed by atoms with E-state index in [9.17, 15) is 9.59 Å². The maximum Gasteiger partial charge on any atom is 0.239 e. The van der Waals surface area contributed by atoms with Gasteiger partial charge in [-0.3, -0.25) is 24.0 Å². The van der Waals surface area contributed by atoms with Gasteiger partial charge in [-0.05, 0) is 44.0 Å². The van der Waals surface area contributed by atoms with Gasteiger partial charge in [-0.1, -0.05) is 29.5 Å². The van der Waals surface area contributed by atoms with E-state index in [2.05, 4.69) is 21.2 Å². The Labute approximate surface area is 173 Å². The quantitative estimate of drug-likeness (QED) is 0.604. The Hall–Kier alpha value is -3.00. The summed E-state index contributed by atoms with van der Waals surface area (Å²) in [7, 11) is 0. The van der Waals surface area contributed by atoms with Crippen molar-refractivity contribution in [2.24, 2.45) is 0 Å².